The Morgan fingerprint density at radius 1 is 1.27 bits per heavy atom. The van der Waals surface area contributed by atoms with E-state index in [1.807, 2.05) is 12.2 Å². The summed E-state index contributed by atoms with van der Waals surface area (Å²) < 4.78 is 0. The minimum atomic E-state index is -0.755. The molecule has 4 nitrogen and oxygen atoms in total. The summed E-state index contributed by atoms with van der Waals surface area (Å²) in [7, 11) is 0. The Bertz CT molecular complexity index is 467. The molecule has 0 radical (unpaired) electrons. The third kappa shape index (κ3) is 9.54. The average Bonchev–Trinajstić information content (AvgIpc) is 2.81. The summed E-state index contributed by atoms with van der Waals surface area (Å²) in [6.07, 6.45) is 12.8. The lowest BCUT2D eigenvalue weighted by atomic mass is 9.91. The van der Waals surface area contributed by atoms with E-state index in [-0.39, 0.29) is 23.8 Å². The molecule has 0 amide bonds. The monoisotopic (exact) mass is 450 g/mol. The first kappa shape index (κ1) is 23.7. The van der Waals surface area contributed by atoms with Crippen LogP contribution in [0.3, 0.4) is 0 Å². The van der Waals surface area contributed by atoms with E-state index in [9.17, 15) is 15.0 Å². The Morgan fingerprint density at radius 2 is 2.00 bits per heavy atom. The molecule has 0 saturated heterocycles. The highest BCUT2D eigenvalue weighted by molar-refractivity contribution is 9.09. The molecule has 26 heavy (non-hydrogen) atoms. The Kier molecular flexibility index (Phi) is 11.8. The number of carbonyl (C=O) groups is 1. The predicted octanol–water partition coefficient (Wildman–Crippen LogP) is 4.66. The summed E-state index contributed by atoms with van der Waals surface area (Å²) in [6, 6.07) is 0. The van der Waals surface area contributed by atoms with Gasteiger partial charge in [-0.15, -0.1) is 11.6 Å². The van der Waals surface area contributed by atoms with Gasteiger partial charge in [0.25, 0.3) is 0 Å². The minimum Gasteiger partial charge on any atom is -0.481 e. The molecule has 0 aromatic heterocycles. The van der Waals surface area contributed by atoms with Crippen LogP contribution in [0.2, 0.25) is 0 Å². The van der Waals surface area contributed by atoms with Gasteiger partial charge in [-0.1, -0.05) is 40.2 Å². The maximum atomic E-state index is 10.5. The van der Waals surface area contributed by atoms with Crippen molar-refractivity contribution >= 4 is 33.5 Å². The van der Waals surface area contributed by atoms with Crippen LogP contribution < -0.4 is 0 Å². The van der Waals surface area contributed by atoms with Crippen molar-refractivity contribution in [1.29, 1.82) is 0 Å². The molecule has 150 valence electrons. The molecule has 6 heteroatoms. The van der Waals surface area contributed by atoms with Crippen molar-refractivity contribution < 1.29 is 20.1 Å². The summed E-state index contributed by atoms with van der Waals surface area (Å²) in [5.41, 5.74) is 0. The first-order valence-electron chi connectivity index (χ1n) is 9.50. The minimum absolute atomic E-state index is 0.0880. The van der Waals surface area contributed by atoms with Gasteiger partial charge in [-0.25, -0.2) is 0 Å². The second-order valence-electron chi connectivity index (χ2n) is 7.23. The molecule has 1 saturated carbocycles. The van der Waals surface area contributed by atoms with Gasteiger partial charge in [-0.2, -0.15) is 0 Å². The molecule has 0 aromatic rings. The predicted molar refractivity (Wildman–Crippen MR) is 110 cm³/mol. The largest absolute Gasteiger partial charge is 0.481 e. The number of carboxylic acids is 1. The van der Waals surface area contributed by atoms with Crippen LogP contribution in [0.1, 0.15) is 58.3 Å². The van der Waals surface area contributed by atoms with Crippen molar-refractivity contribution in [3.63, 3.8) is 0 Å². The molecular weight excluding hydrogens is 420 g/mol. The van der Waals surface area contributed by atoms with Crippen LogP contribution in [0.5, 0.6) is 0 Å². The van der Waals surface area contributed by atoms with Gasteiger partial charge in [-0.3, -0.25) is 4.79 Å². The molecule has 0 heterocycles. The van der Waals surface area contributed by atoms with Crippen LogP contribution in [0, 0.1) is 11.8 Å². The van der Waals surface area contributed by atoms with Crippen LogP contribution in [0.4, 0.5) is 0 Å². The fraction of sp³-hybridized carbons (Fsp3) is 0.750. The number of allylic oxidation sites excluding steroid dienone is 3. The molecule has 6 atom stereocenters. The van der Waals surface area contributed by atoms with Crippen molar-refractivity contribution in [2.45, 2.75) is 80.7 Å². The number of aliphatic hydroxyl groups is 2. The quantitative estimate of drug-likeness (QED) is 0.229. The van der Waals surface area contributed by atoms with E-state index in [4.69, 9.17) is 16.7 Å². The Hall–Kier alpha value is -0.360. The zero-order valence-corrected chi connectivity index (χ0v) is 17.8. The lowest BCUT2D eigenvalue weighted by molar-refractivity contribution is -0.137. The molecule has 0 aliphatic heterocycles. The standard InChI is InChI=1S/C20H32BrClO4/c1-14(23)7-6-8-15(24)11-12-16-17(19(22)13-18(16)21)9-4-2-3-5-10-20(25)26/h2,4,11-12,14-19,23-24H,3,5-10,13H2,1H3,(H,25,26)/t14-,15+,16-,17-,18-,19-/m1/s1. The molecule has 0 bridgehead atoms. The second-order valence-corrected chi connectivity index (χ2v) is 8.97. The number of alkyl halides is 2. The van der Waals surface area contributed by atoms with E-state index < -0.39 is 12.1 Å². The van der Waals surface area contributed by atoms with Crippen LogP contribution in [0.15, 0.2) is 24.3 Å². The van der Waals surface area contributed by atoms with Crippen molar-refractivity contribution in [3.05, 3.63) is 24.3 Å². The summed E-state index contributed by atoms with van der Waals surface area (Å²) >= 11 is 10.2. The number of aliphatic hydroxyl groups excluding tert-OH is 2. The average molecular weight is 452 g/mol. The van der Waals surface area contributed by atoms with Gasteiger partial charge >= 0.3 is 5.97 Å². The SMILES string of the molecule is C[C@@H](O)CCC[C@H](O)C=C[C@@H]1[C@@H](CC=CCCCC(=O)O)[C@H](Cl)C[C@H]1Br. The van der Waals surface area contributed by atoms with Gasteiger partial charge in [0, 0.05) is 16.6 Å². The van der Waals surface area contributed by atoms with E-state index in [1.54, 1.807) is 6.92 Å². The number of hydrogen-bond donors (Lipinski definition) is 3. The van der Waals surface area contributed by atoms with Gasteiger partial charge in [0.05, 0.1) is 12.2 Å². The van der Waals surface area contributed by atoms with Crippen molar-refractivity contribution in [2.24, 2.45) is 11.8 Å². The molecule has 1 aliphatic carbocycles. The van der Waals surface area contributed by atoms with Crippen LogP contribution in [0.25, 0.3) is 0 Å². The number of unbranched alkanes of at least 4 members (excludes halogenated alkanes) is 1. The fourth-order valence-corrected chi connectivity index (χ4v) is 4.99. The number of rotatable bonds is 12. The van der Waals surface area contributed by atoms with Gasteiger partial charge < -0.3 is 15.3 Å². The molecule has 0 aromatic carbocycles. The molecule has 1 aliphatic rings. The first-order chi connectivity index (χ1) is 12.3. The number of halogens is 2. The lowest BCUT2D eigenvalue weighted by Gasteiger charge is -2.19. The summed E-state index contributed by atoms with van der Waals surface area (Å²) in [4.78, 5) is 10.8. The maximum Gasteiger partial charge on any atom is 0.303 e. The Balaban J connectivity index is 2.46. The van der Waals surface area contributed by atoms with E-state index in [1.165, 1.54) is 0 Å². The van der Waals surface area contributed by atoms with Crippen LogP contribution in [-0.2, 0) is 4.79 Å². The highest BCUT2D eigenvalue weighted by atomic mass is 79.9. The first-order valence-corrected chi connectivity index (χ1v) is 10.9. The summed E-state index contributed by atoms with van der Waals surface area (Å²) in [5, 5.41) is 28.1. The fourth-order valence-electron chi connectivity index (χ4n) is 3.34. The summed E-state index contributed by atoms with van der Waals surface area (Å²) in [6.45, 7) is 1.76. The molecule has 0 unspecified atom stereocenters. The van der Waals surface area contributed by atoms with Crippen molar-refractivity contribution in [1.82, 2.24) is 0 Å². The van der Waals surface area contributed by atoms with Crippen LogP contribution >= 0.6 is 27.5 Å². The van der Waals surface area contributed by atoms with Gasteiger partial charge in [0.1, 0.15) is 0 Å². The van der Waals surface area contributed by atoms with E-state index in [0.717, 1.165) is 25.7 Å². The van der Waals surface area contributed by atoms with Gasteiger partial charge in [-0.05, 0) is 63.7 Å². The molecule has 0 spiro atoms. The Labute approximate surface area is 170 Å². The zero-order valence-electron chi connectivity index (χ0n) is 15.4. The maximum absolute atomic E-state index is 10.5. The second kappa shape index (κ2) is 12.9. The normalized spacial score (nSPS) is 28.8. The highest BCUT2D eigenvalue weighted by Crippen LogP contribution is 2.43. The third-order valence-corrected chi connectivity index (χ3v) is 6.33. The summed E-state index contributed by atoms with van der Waals surface area (Å²) in [5.74, 6) is -0.181. The lowest BCUT2D eigenvalue weighted by Crippen LogP contribution is -2.16. The smallest absolute Gasteiger partial charge is 0.303 e. The molecule has 1 fully saturated rings. The van der Waals surface area contributed by atoms with E-state index in [2.05, 4.69) is 28.1 Å². The topological polar surface area (TPSA) is 77.8 Å². The molecular formula is C20H32BrClO4. The van der Waals surface area contributed by atoms with Gasteiger partial charge in [0.15, 0.2) is 0 Å². The van der Waals surface area contributed by atoms with Crippen molar-refractivity contribution in [3.8, 4) is 0 Å². The Morgan fingerprint density at radius 3 is 2.65 bits per heavy atom. The van der Waals surface area contributed by atoms with Crippen molar-refractivity contribution in [2.75, 3.05) is 0 Å². The zero-order chi connectivity index (χ0) is 19.5. The van der Waals surface area contributed by atoms with E-state index >= 15 is 0 Å². The number of aliphatic carboxylic acids is 1. The number of carboxylic acid groups (broad SMARTS) is 1. The third-order valence-electron chi connectivity index (χ3n) is 4.84. The van der Waals surface area contributed by atoms with Crippen LogP contribution in [-0.4, -0.2) is 43.7 Å². The highest BCUT2D eigenvalue weighted by Gasteiger charge is 2.38. The molecule has 3 N–H and O–H groups in total. The van der Waals surface area contributed by atoms with Gasteiger partial charge in [0.2, 0.25) is 0 Å². The van der Waals surface area contributed by atoms with E-state index in [0.29, 0.717) is 30.0 Å². The number of hydrogen-bond acceptors (Lipinski definition) is 3. The molecule has 1 rings (SSSR count).